The van der Waals surface area contributed by atoms with E-state index in [0.717, 1.165) is 16.2 Å². The lowest BCUT2D eigenvalue weighted by molar-refractivity contribution is -0.131. The van der Waals surface area contributed by atoms with Gasteiger partial charge in [0.2, 0.25) is 5.91 Å². The van der Waals surface area contributed by atoms with Gasteiger partial charge >= 0.3 is 0 Å². The Balaban J connectivity index is 1.66. The summed E-state index contributed by atoms with van der Waals surface area (Å²) >= 11 is 0. The van der Waals surface area contributed by atoms with E-state index in [1.165, 1.54) is 18.5 Å². The predicted molar refractivity (Wildman–Crippen MR) is 109 cm³/mol. The van der Waals surface area contributed by atoms with Gasteiger partial charge in [0.15, 0.2) is 0 Å². The molecule has 1 atom stereocenters. The van der Waals surface area contributed by atoms with E-state index in [1.54, 1.807) is 37.5 Å². The molecule has 0 saturated carbocycles. The highest BCUT2D eigenvalue weighted by molar-refractivity contribution is 6.00. The van der Waals surface area contributed by atoms with Gasteiger partial charge in [-0.15, -0.1) is 0 Å². The number of nitrogens with zero attached hydrogens (tertiary/aromatic N) is 3. The van der Waals surface area contributed by atoms with Crippen molar-refractivity contribution in [2.24, 2.45) is 0 Å². The summed E-state index contributed by atoms with van der Waals surface area (Å²) in [6.45, 7) is -1.32. The molecule has 0 radical (unpaired) electrons. The zero-order chi connectivity index (χ0) is 22.4. The molecule has 1 aliphatic heterocycles. The van der Waals surface area contributed by atoms with Crippen LogP contribution in [0.2, 0.25) is 0 Å². The number of halogens is 2. The molecule has 1 saturated heterocycles. The van der Waals surface area contributed by atoms with Crippen LogP contribution in [0.4, 0.5) is 8.78 Å². The van der Waals surface area contributed by atoms with Crippen LogP contribution in [0, 0.1) is 11.3 Å². The van der Waals surface area contributed by atoms with Gasteiger partial charge in [0.25, 0.3) is 11.8 Å². The van der Waals surface area contributed by atoms with Crippen LogP contribution in [0.5, 0.6) is 5.75 Å². The number of nitrogens with one attached hydrogen (secondary N) is 1. The molecule has 1 aromatic carbocycles. The van der Waals surface area contributed by atoms with Gasteiger partial charge in [0, 0.05) is 29.9 Å². The van der Waals surface area contributed by atoms with E-state index < -0.39 is 43.3 Å². The highest BCUT2D eigenvalue weighted by Gasteiger charge is 2.47. The zero-order valence-electron chi connectivity index (χ0n) is 16.7. The number of aromatic nitrogens is 1. The first-order valence-corrected chi connectivity index (χ1v) is 9.44. The molecular formula is C22H20F2N4O3. The minimum absolute atomic E-state index is 0.274. The van der Waals surface area contributed by atoms with Crippen molar-refractivity contribution in [1.29, 1.82) is 5.26 Å². The SMILES string of the molecule is COc1ccc(C=Cc2cnccc2C(=O)NCC(=O)N2CC(F)(F)CC2C#N)cc1. The standard InChI is InChI=1S/C22H20F2N4O3/c1-31-18-6-3-15(4-7-18)2-5-16-12-26-9-8-19(16)21(30)27-13-20(29)28-14-22(23,24)10-17(28)11-25/h2-9,12,17H,10,13-14H2,1H3,(H,27,30). The van der Waals surface area contributed by atoms with Crippen molar-refractivity contribution in [3.05, 3.63) is 59.4 Å². The molecule has 3 rings (SSSR count). The van der Waals surface area contributed by atoms with E-state index in [2.05, 4.69) is 10.3 Å². The first-order valence-electron chi connectivity index (χ1n) is 9.44. The van der Waals surface area contributed by atoms with Crippen LogP contribution >= 0.6 is 0 Å². The molecule has 1 aliphatic rings. The quantitative estimate of drug-likeness (QED) is 0.767. The van der Waals surface area contributed by atoms with Crippen LogP contribution < -0.4 is 10.1 Å². The summed E-state index contributed by atoms with van der Waals surface area (Å²) in [4.78, 5) is 29.7. The number of pyridine rings is 1. The number of carbonyl (C=O) groups is 2. The molecule has 9 heteroatoms. The number of alkyl halides is 2. The molecule has 1 fully saturated rings. The maximum atomic E-state index is 13.5. The zero-order valence-corrected chi connectivity index (χ0v) is 16.7. The van der Waals surface area contributed by atoms with E-state index in [4.69, 9.17) is 10.00 Å². The van der Waals surface area contributed by atoms with Crippen molar-refractivity contribution >= 4 is 24.0 Å². The second-order valence-electron chi connectivity index (χ2n) is 6.98. The molecule has 0 bridgehead atoms. The molecule has 31 heavy (non-hydrogen) atoms. The maximum absolute atomic E-state index is 13.5. The van der Waals surface area contributed by atoms with Crippen LogP contribution in [-0.4, -0.2) is 53.9 Å². The molecule has 7 nitrogen and oxygen atoms in total. The van der Waals surface area contributed by atoms with Crippen LogP contribution in [-0.2, 0) is 4.79 Å². The van der Waals surface area contributed by atoms with Gasteiger partial charge in [-0.3, -0.25) is 14.6 Å². The fourth-order valence-electron chi connectivity index (χ4n) is 3.19. The van der Waals surface area contributed by atoms with Gasteiger partial charge in [0.1, 0.15) is 11.8 Å². The predicted octanol–water partition coefficient (Wildman–Crippen LogP) is 2.75. The summed E-state index contributed by atoms with van der Waals surface area (Å²) in [6.07, 6.45) is 5.74. The molecule has 2 heterocycles. The summed E-state index contributed by atoms with van der Waals surface area (Å²) in [7, 11) is 1.58. The van der Waals surface area contributed by atoms with Crippen molar-refractivity contribution in [1.82, 2.24) is 15.2 Å². The first kappa shape index (κ1) is 21.9. The van der Waals surface area contributed by atoms with Crippen molar-refractivity contribution in [2.75, 3.05) is 20.2 Å². The lowest BCUT2D eigenvalue weighted by Gasteiger charge is -2.19. The number of methoxy groups -OCH3 is 1. The minimum atomic E-state index is -3.11. The highest BCUT2D eigenvalue weighted by Crippen LogP contribution is 2.31. The number of hydrogen-bond acceptors (Lipinski definition) is 5. The van der Waals surface area contributed by atoms with Crippen LogP contribution in [0.25, 0.3) is 12.2 Å². The largest absolute Gasteiger partial charge is 0.497 e. The third-order valence-electron chi connectivity index (χ3n) is 4.81. The number of hydrogen-bond donors (Lipinski definition) is 1. The van der Waals surface area contributed by atoms with Gasteiger partial charge in [-0.25, -0.2) is 8.78 Å². The van der Waals surface area contributed by atoms with Gasteiger partial charge in [-0.05, 0) is 23.8 Å². The number of benzene rings is 1. The number of amides is 2. The summed E-state index contributed by atoms with van der Waals surface area (Å²) in [5, 5.41) is 11.4. The van der Waals surface area contributed by atoms with Crippen molar-refractivity contribution in [2.45, 2.75) is 18.4 Å². The molecule has 1 N–H and O–H groups in total. The molecular weight excluding hydrogens is 406 g/mol. The van der Waals surface area contributed by atoms with E-state index in [-0.39, 0.29) is 5.56 Å². The average molecular weight is 426 g/mol. The molecule has 2 aromatic rings. The maximum Gasteiger partial charge on any atom is 0.268 e. The van der Waals surface area contributed by atoms with Gasteiger partial charge in [-0.1, -0.05) is 24.3 Å². The van der Waals surface area contributed by atoms with Crippen molar-refractivity contribution in [3.8, 4) is 11.8 Å². The normalized spacial score (nSPS) is 17.4. The highest BCUT2D eigenvalue weighted by atomic mass is 19.3. The summed E-state index contributed by atoms with van der Waals surface area (Å²) in [5.41, 5.74) is 1.67. The van der Waals surface area contributed by atoms with Crippen LogP contribution in [0.1, 0.15) is 27.9 Å². The summed E-state index contributed by atoms with van der Waals surface area (Å²) in [6, 6.07) is 9.30. The number of likely N-dealkylation sites (tertiary alicyclic amines) is 1. The molecule has 0 spiro atoms. The molecule has 2 amide bonds. The molecule has 1 unspecified atom stereocenters. The second-order valence-corrected chi connectivity index (χ2v) is 6.98. The van der Waals surface area contributed by atoms with E-state index >= 15 is 0 Å². The Labute approximate surface area is 177 Å². The second kappa shape index (κ2) is 9.34. The van der Waals surface area contributed by atoms with Gasteiger partial charge in [-0.2, -0.15) is 5.26 Å². The monoisotopic (exact) mass is 426 g/mol. The van der Waals surface area contributed by atoms with Crippen molar-refractivity contribution < 1.29 is 23.1 Å². The molecule has 160 valence electrons. The number of ether oxygens (including phenoxy) is 1. The fraction of sp³-hybridized carbons (Fsp3) is 0.273. The Kier molecular flexibility index (Phi) is 6.60. The third-order valence-corrected chi connectivity index (χ3v) is 4.81. The van der Waals surface area contributed by atoms with Crippen LogP contribution in [0.3, 0.4) is 0 Å². The van der Waals surface area contributed by atoms with E-state index in [0.29, 0.717) is 5.56 Å². The molecule has 0 aliphatic carbocycles. The summed E-state index contributed by atoms with van der Waals surface area (Å²) < 4.78 is 32.2. The van der Waals surface area contributed by atoms with Gasteiger partial charge < -0.3 is 15.0 Å². The fourth-order valence-corrected chi connectivity index (χ4v) is 3.19. The third kappa shape index (κ3) is 5.42. The Morgan fingerprint density at radius 3 is 2.74 bits per heavy atom. The molecule has 1 aromatic heterocycles. The Morgan fingerprint density at radius 1 is 1.32 bits per heavy atom. The van der Waals surface area contributed by atoms with E-state index in [9.17, 15) is 18.4 Å². The van der Waals surface area contributed by atoms with Crippen molar-refractivity contribution in [3.63, 3.8) is 0 Å². The smallest absolute Gasteiger partial charge is 0.268 e. The minimum Gasteiger partial charge on any atom is -0.497 e. The van der Waals surface area contributed by atoms with E-state index in [1.807, 2.05) is 12.1 Å². The number of nitriles is 1. The Hall–Kier alpha value is -3.80. The van der Waals surface area contributed by atoms with Gasteiger partial charge in [0.05, 0.1) is 26.3 Å². The number of carbonyl (C=O) groups excluding carboxylic acids is 2. The van der Waals surface area contributed by atoms with Crippen LogP contribution in [0.15, 0.2) is 42.7 Å². The topological polar surface area (TPSA) is 95.3 Å². The first-order chi connectivity index (χ1) is 14.8. The summed E-state index contributed by atoms with van der Waals surface area (Å²) in [5.74, 6) is -3.67. The Bertz CT molecular complexity index is 1030. The lowest BCUT2D eigenvalue weighted by atomic mass is 10.1. The lowest BCUT2D eigenvalue weighted by Crippen LogP contribution is -2.43. The number of rotatable bonds is 6. The average Bonchev–Trinajstić information content (AvgIpc) is 3.11. The Morgan fingerprint density at radius 2 is 2.06 bits per heavy atom.